The van der Waals surface area contributed by atoms with E-state index in [0.717, 1.165) is 15.8 Å². The van der Waals surface area contributed by atoms with Crippen molar-refractivity contribution < 1.29 is 5.11 Å². The predicted octanol–water partition coefficient (Wildman–Crippen LogP) is 1.26. The fraction of sp³-hybridized carbons (Fsp3) is 0.500. The van der Waals surface area contributed by atoms with Gasteiger partial charge in [0.05, 0.1) is 9.67 Å². The van der Waals surface area contributed by atoms with Crippen LogP contribution in [0.5, 0.6) is 0 Å². The van der Waals surface area contributed by atoms with Crippen molar-refractivity contribution in [3.05, 3.63) is 16.1 Å². The van der Waals surface area contributed by atoms with Crippen molar-refractivity contribution in [2.45, 2.75) is 19.4 Å². The number of aromatic nitrogens is 2. The maximum atomic E-state index is 9.30. The average Bonchev–Trinajstić information content (AvgIpc) is 2.16. The molecular formula is C8H12IN3O. The van der Waals surface area contributed by atoms with Crippen molar-refractivity contribution in [2.75, 3.05) is 11.9 Å². The van der Waals surface area contributed by atoms with Crippen LogP contribution >= 0.6 is 22.6 Å². The Hall–Kier alpha value is -0.430. The summed E-state index contributed by atoms with van der Waals surface area (Å²) in [7, 11) is 0. The Balaban J connectivity index is 2.50. The van der Waals surface area contributed by atoms with Crippen LogP contribution in [0.3, 0.4) is 0 Å². The molecule has 0 radical (unpaired) electrons. The summed E-state index contributed by atoms with van der Waals surface area (Å²) < 4.78 is 0.961. The van der Waals surface area contributed by atoms with Crippen LogP contribution in [-0.4, -0.2) is 27.7 Å². The van der Waals surface area contributed by atoms with E-state index in [2.05, 4.69) is 37.9 Å². The lowest BCUT2D eigenvalue weighted by Crippen LogP contribution is -2.19. The molecule has 4 nitrogen and oxygen atoms in total. The van der Waals surface area contributed by atoms with Crippen LogP contribution in [0.4, 0.5) is 5.82 Å². The van der Waals surface area contributed by atoms with Gasteiger partial charge in [0, 0.05) is 12.7 Å². The summed E-state index contributed by atoms with van der Waals surface area (Å²) in [6, 6.07) is 0. The Morgan fingerprint density at radius 2 is 2.46 bits per heavy atom. The zero-order valence-corrected chi connectivity index (χ0v) is 9.52. The molecule has 1 aromatic heterocycles. The molecule has 0 spiro atoms. The Morgan fingerprint density at radius 3 is 3.08 bits per heavy atom. The first-order valence-corrected chi connectivity index (χ1v) is 5.19. The van der Waals surface area contributed by atoms with Crippen molar-refractivity contribution in [1.82, 2.24) is 9.97 Å². The number of anilines is 1. The highest BCUT2D eigenvalue weighted by molar-refractivity contribution is 14.1. The quantitative estimate of drug-likeness (QED) is 0.821. The molecule has 1 unspecified atom stereocenters. The third kappa shape index (κ3) is 3.43. The second-order valence-electron chi connectivity index (χ2n) is 2.66. The number of rotatable bonds is 4. The van der Waals surface area contributed by atoms with Gasteiger partial charge in [-0.2, -0.15) is 0 Å². The van der Waals surface area contributed by atoms with Gasteiger partial charge >= 0.3 is 0 Å². The molecule has 72 valence electrons. The normalized spacial score (nSPS) is 12.5. The summed E-state index contributed by atoms with van der Waals surface area (Å²) in [5.74, 6) is 0.781. The van der Waals surface area contributed by atoms with Crippen molar-refractivity contribution in [3.8, 4) is 0 Å². The van der Waals surface area contributed by atoms with Crippen LogP contribution in [0.2, 0.25) is 0 Å². The molecule has 0 amide bonds. The predicted molar refractivity (Wildman–Crippen MR) is 59.5 cm³/mol. The SMILES string of the molecule is CCC(O)CNc1ncncc1I. The van der Waals surface area contributed by atoms with Gasteiger partial charge in [0.15, 0.2) is 0 Å². The van der Waals surface area contributed by atoms with Gasteiger partial charge in [-0.1, -0.05) is 6.92 Å². The summed E-state index contributed by atoms with van der Waals surface area (Å²) in [4.78, 5) is 7.91. The molecule has 0 bridgehead atoms. The van der Waals surface area contributed by atoms with Crippen LogP contribution in [0.25, 0.3) is 0 Å². The molecule has 1 atom stereocenters. The highest BCUT2D eigenvalue weighted by Crippen LogP contribution is 2.12. The van der Waals surface area contributed by atoms with E-state index in [4.69, 9.17) is 0 Å². The van der Waals surface area contributed by atoms with E-state index >= 15 is 0 Å². The number of aliphatic hydroxyl groups is 1. The monoisotopic (exact) mass is 293 g/mol. The third-order valence-corrected chi connectivity index (χ3v) is 2.43. The zero-order valence-electron chi connectivity index (χ0n) is 7.37. The van der Waals surface area contributed by atoms with Gasteiger partial charge in [0.25, 0.3) is 0 Å². The molecule has 2 N–H and O–H groups in total. The average molecular weight is 293 g/mol. The molecular weight excluding hydrogens is 281 g/mol. The topological polar surface area (TPSA) is 58.0 Å². The minimum atomic E-state index is -0.314. The minimum Gasteiger partial charge on any atom is -0.391 e. The Labute approximate surface area is 90.9 Å². The van der Waals surface area contributed by atoms with Crippen LogP contribution in [-0.2, 0) is 0 Å². The first-order chi connectivity index (χ1) is 6.24. The second kappa shape index (κ2) is 5.33. The fourth-order valence-corrected chi connectivity index (χ4v) is 1.29. The lowest BCUT2D eigenvalue weighted by atomic mass is 10.3. The largest absolute Gasteiger partial charge is 0.391 e. The van der Waals surface area contributed by atoms with Gasteiger partial charge in [-0.3, -0.25) is 0 Å². The third-order valence-electron chi connectivity index (χ3n) is 1.64. The van der Waals surface area contributed by atoms with E-state index in [9.17, 15) is 5.11 Å². The van der Waals surface area contributed by atoms with E-state index < -0.39 is 0 Å². The van der Waals surface area contributed by atoms with Gasteiger partial charge in [0.1, 0.15) is 12.1 Å². The zero-order chi connectivity index (χ0) is 9.68. The van der Waals surface area contributed by atoms with Crippen LogP contribution in [0, 0.1) is 3.57 Å². The summed E-state index contributed by atoms with van der Waals surface area (Å²) in [5, 5.41) is 12.4. The molecule has 1 aromatic rings. The fourth-order valence-electron chi connectivity index (χ4n) is 0.802. The molecule has 0 aliphatic carbocycles. The molecule has 1 heterocycles. The van der Waals surface area contributed by atoms with Crippen molar-refractivity contribution >= 4 is 28.4 Å². The van der Waals surface area contributed by atoms with Crippen LogP contribution in [0.15, 0.2) is 12.5 Å². The van der Waals surface area contributed by atoms with Crippen LogP contribution < -0.4 is 5.32 Å². The molecule has 0 aliphatic heterocycles. The van der Waals surface area contributed by atoms with E-state index in [1.807, 2.05) is 6.92 Å². The standard InChI is InChI=1S/C8H12IN3O/c1-2-6(13)3-11-8-7(9)4-10-5-12-8/h4-6,13H,2-3H2,1H3,(H,10,11,12). The lowest BCUT2D eigenvalue weighted by molar-refractivity contribution is 0.183. The molecule has 0 aromatic carbocycles. The minimum absolute atomic E-state index is 0.314. The van der Waals surface area contributed by atoms with Gasteiger partial charge in [-0.25, -0.2) is 9.97 Å². The summed E-state index contributed by atoms with van der Waals surface area (Å²) in [5.41, 5.74) is 0. The van der Waals surface area contributed by atoms with Gasteiger partial charge in [0.2, 0.25) is 0 Å². The maximum Gasteiger partial charge on any atom is 0.142 e. The van der Waals surface area contributed by atoms with Crippen molar-refractivity contribution in [3.63, 3.8) is 0 Å². The Kier molecular flexibility index (Phi) is 4.37. The van der Waals surface area contributed by atoms with Gasteiger partial charge in [-0.05, 0) is 29.0 Å². The number of nitrogens with one attached hydrogen (secondary N) is 1. The summed E-state index contributed by atoms with van der Waals surface area (Å²) in [6.45, 7) is 2.47. The van der Waals surface area contributed by atoms with Crippen molar-refractivity contribution in [1.29, 1.82) is 0 Å². The molecule has 0 aliphatic rings. The molecule has 0 fully saturated rings. The summed E-state index contributed by atoms with van der Waals surface area (Å²) >= 11 is 2.15. The van der Waals surface area contributed by atoms with E-state index in [0.29, 0.717) is 6.54 Å². The van der Waals surface area contributed by atoms with E-state index in [-0.39, 0.29) is 6.10 Å². The molecule has 5 heteroatoms. The molecule has 0 saturated heterocycles. The lowest BCUT2D eigenvalue weighted by Gasteiger charge is -2.10. The number of halogens is 1. The highest BCUT2D eigenvalue weighted by atomic mass is 127. The maximum absolute atomic E-state index is 9.30. The van der Waals surface area contributed by atoms with Crippen molar-refractivity contribution in [2.24, 2.45) is 0 Å². The van der Waals surface area contributed by atoms with E-state index in [1.165, 1.54) is 6.33 Å². The number of hydrogen-bond donors (Lipinski definition) is 2. The second-order valence-corrected chi connectivity index (χ2v) is 3.82. The molecule has 0 saturated carbocycles. The number of hydrogen-bond acceptors (Lipinski definition) is 4. The van der Waals surface area contributed by atoms with Gasteiger partial charge in [-0.15, -0.1) is 0 Å². The first-order valence-electron chi connectivity index (χ1n) is 4.11. The van der Waals surface area contributed by atoms with Crippen LogP contribution in [0.1, 0.15) is 13.3 Å². The Bertz CT molecular complexity index is 269. The number of nitrogens with zero attached hydrogens (tertiary/aromatic N) is 2. The van der Waals surface area contributed by atoms with Gasteiger partial charge < -0.3 is 10.4 Å². The Morgan fingerprint density at radius 1 is 1.69 bits per heavy atom. The van der Waals surface area contributed by atoms with E-state index in [1.54, 1.807) is 6.20 Å². The smallest absolute Gasteiger partial charge is 0.142 e. The first kappa shape index (κ1) is 10.6. The summed E-state index contributed by atoms with van der Waals surface area (Å²) in [6.07, 6.45) is 3.65. The molecule has 13 heavy (non-hydrogen) atoms. The number of aliphatic hydroxyl groups excluding tert-OH is 1. The molecule has 1 rings (SSSR count). The highest BCUT2D eigenvalue weighted by Gasteiger charge is 2.03.